The van der Waals surface area contributed by atoms with E-state index >= 15 is 0 Å². The third-order valence-corrected chi connectivity index (χ3v) is 5.54. The number of hydrogen-bond acceptors (Lipinski definition) is 5. The highest BCUT2D eigenvalue weighted by molar-refractivity contribution is 6.45. The maximum atomic E-state index is 13.5. The van der Waals surface area contributed by atoms with Gasteiger partial charge in [0.05, 0.1) is 18.4 Å². The van der Waals surface area contributed by atoms with Crippen molar-refractivity contribution in [1.82, 2.24) is 4.90 Å². The number of carbonyl (C=O) groups excluding carboxylic acids is 2. The summed E-state index contributed by atoms with van der Waals surface area (Å²) in [5.74, 6) is -0.0526. The van der Waals surface area contributed by atoms with Gasteiger partial charge in [0.15, 0.2) is 0 Å². The summed E-state index contributed by atoms with van der Waals surface area (Å²) in [6, 6.07) is 16.2. The number of anilines is 1. The van der Waals surface area contributed by atoms with Crippen molar-refractivity contribution in [3.8, 4) is 5.75 Å². The van der Waals surface area contributed by atoms with Crippen molar-refractivity contribution in [3.63, 3.8) is 0 Å². The molecule has 150 valence electrons. The van der Waals surface area contributed by atoms with Crippen LogP contribution in [0.5, 0.6) is 5.75 Å². The summed E-state index contributed by atoms with van der Waals surface area (Å²) in [6.45, 7) is 1.29. The number of benzene rings is 2. The highest BCUT2D eigenvalue weighted by Crippen LogP contribution is 2.39. The zero-order valence-corrected chi connectivity index (χ0v) is 16.4. The maximum Gasteiger partial charge on any atom is 0.282 e. The van der Waals surface area contributed by atoms with Crippen LogP contribution in [0.1, 0.15) is 18.4 Å². The predicted octanol–water partition coefficient (Wildman–Crippen LogP) is 2.68. The summed E-state index contributed by atoms with van der Waals surface area (Å²) in [5, 5.41) is 9.64. The number of hydrogen-bond donors (Lipinski definition) is 1. The number of nitrogens with zero attached hydrogens (tertiary/aromatic N) is 2. The van der Waals surface area contributed by atoms with E-state index in [1.54, 1.807) is 43.5 Å². The second kappa shape index (κ2) is 8.09. The van der Waals surface area contributed by atoms with Crippen LogP contribution in [0.4, 0.5) is 5.69 Å². The molecule has 1 unspecified atom stereocenters. The van der Waals surface area contributed by atoms with Crippen LogP contribution in [0.25, 0.3) is 5.57 Å². The second-order valence-corrected chi connectivity index (χ2v) is 7.34. The molecule has 0 aromatic heterocycles. The van der Waals surface area contributed by atoms with E-state index in [1.165, 1.54) is 4.90 Å². The van der Waals surface area contributed by atoms with Crippen LogP contribution in [-0.4, -0.2) is 48.6 Å². The molecule has 1 N–H and O–H groups in total. The summed E-state index contributed by atoms with van der Waals surface area (Å²) in [7, 11) is 1.55. The molecule has 29 heavy (non-hydrogen) atoms. The molecule has 1 fully saturated rings. The number of aliphatic hydroxyl groups excluding tert-OH is 1. The smallest absolute Gasteiger partial charge is 0.282 e. The zero-order valence-electron chi connectivity index (χ0n) is 16.4. The van der Waals surface area contributed by atoms with Gasteiger partial charge >= 0.3 is 0 Å². The number of carbonyl (C=O) groups is 2. The number of methoxy groups -OCH3 is 1. The first-order valence-corrected chi connectivity index (χ1v) is 9.83. The first-order chi connectivity index (χ1) is 14.2. The number of ether oxygens (including phenoxy) is 1. The van der Waals surface area contributed by atoms with Crippen LogP contribution in [0.3, 0.4) is 0 Å². The van der Waals surface area contributed by atoms with Gasteiger partial charge in [-0.25, -0.2) is 4.90 Å². The lowest BCUT2D eigenvalue weighted by molar-refractivity contribution is -0.120. The average Bonchev–Trinajstić information content (AvgIpc) is 3.04. The van der Waals surface area contributed by atoms with E-state index in [0.29, 0.717) is 41.4 Å². The number of likely N-dealkylation sites (tertiary alicyclic amines) is 1. The summed E-state index contributed by atoms with van der Waals surface area (Å²) >= 11 is 0. The molecule has 2 aromatic carbocycles. The molecule has 1 saturated heterocycles. The minimum Gasteiger partial charge on any atom is -0.496 e. The van der Waals surface area contributed by atoms with Crippen LogP contribution in [0.15, 0.2) is 60.3 Å². The highest BCUT2D eigenvalue weighted by atomic mass is 16.5. The third-order valence-electron chi connectivity index (χ3n) is 5.54. The fraction of sp³-hybridized carbons (Fsp3) is 0.304. The van der Waals surface area contributed by atoms with Gasteiger partial charge in [-0.2, -0.15) is 0 Å². The molecule has 0 spiro atoms. The first kappa shape index (κ1) is 19.2. The zero-order chi connectivity index (χ0) is 20.4. The van der Waals surface area contributed by atoms with E-state index in [9.17, 15) is 14.7 Å². The van der Waals surface area contributed by atoms with Gasteiger partial charge in [-0.05, 0) is 37.0 Å². The van der Waals surface area contributed by atoms with Crippen LogP contribution in [0.2, 0.25) is 0 Å². The summed E-state index contributed by atoms with van der Waals surface area (Å²) < 4.78 is 5.49. The molecular weight excluding hydrogens is 368 g/mol. The van der Waals surface area contributed by atoms with Crippen LogP contribution < -0.4 is 9.64 Å². The van der Waals surface area contributed by atoms with E-state index in [-0.39, 0.29) is 24.3 Å². The van der Waals surface area contributed by atoms with E-state index < -0.39 is 0 Å². The minimum atomic E-state index is -0.355. The molecule has 6 nitrogen and oxygen atoms in total. The molecule has 2 aliphatic heterocycles. The Morgan fingerprint density at radius 3 is 2.48 bits per heavy atom. The Hall–Kier alpha value is -3.12. The lowest BCUT2D eigenvalue weighted by Crippen LogP contribution is -2.40. The SMILES string of the molecule is COc1ccccc1C1=C(N2CCCC(CO)C2)C(=O)N(c2ccccc2)C1=O. The Kier molecular flexibility index (Phi) is 5.36. The van der Waals surface area contributed by atoms with Crippen molar-refractivity contribution >= 4 is 23.1 Å². The van der Waals surface area contributed by atoms with Gasteiger partial charge in [-0.3, -0.25) is 9.59 Å². The molecular formula is C23H24N2O4. The Morgan fingerprint density at radius 1 is 1.03 bits per heavy atom. The molecule has 1 atom stereocenters. The largest absolute Gasteiger partial charge is 0.496 e. The Balaban J connectivity index is 1.85. The summed E-state index contributed by atoms with van der Waals surface area (Å²) in [6.07, 6.45) is 1.77. The lowest BCUT2D eigenvalue weighted by Gasteiger charge is -2.34. The summed E-state index contributed by atoms with van der Waals surface area (Å²) in [5.41, 5.74) is 1.89. The van der Waals surface area contributed by atoms with Gasteiger partial charge in [-0.15, -0.1) is 0 Å². The molecule has 0 aliphatic carbocycles. The second-order valence-electron chi connectivity index (χ2n) is 7.34. The standard InChI is InChI=1S/C23H24N2O4/c1-29-19-12-6-5-11-18(19)20-21(24-13-7-8-16(14-24)15-26)23(28)25(22(20)27)17-9-3-2-4-10-17/h2-6,9-12,16,26H,7-8,13-15H2,1H3. The van der Waals surface area contributed by atoms with Gasteiger partial charge in [-0.1, -0.05) is 36.4 Å². The van der Waals surface area contributed by atoms with Gasteiger partial charge in [0.1, 0.15) is 11.4 Å². The monoisotopic (exact) mass is 392 g/mol. The van der Waals surface area contributed by atoms with E-state index in [1.807, 2.05) is 23.1 Å². The Labute approximate surface area is 170 Å². The molecule has 6 heteroatoms. The fourth-order valence-corrected chi connectivity index (χ4v) is 4.13. The highest BCUT2D eigenvalue weighted by Gasteiger charge is 2.44. The molecule has 0 bridgehead atoms. The van der Waals surface area contributed by atoms with Crippen molar-refractivity contribution in [2.24, 2.45) is 5.92 Å². The number of para-hydroxylation sites is 2. The number of imide groups is 1. The predicted molar refractivity (Wildman–Crippen MR) is 110 cm³/mol. The summed E-state index contributed by atoms with van der Waals surface area (Å²) in [4.78, 5) is 30.2. The van der Waals surface area contributed by atoms with Gasteiger partial charge in [0, 0.05) is 25.3 Å². The van der Waals surface area contributed by atoms with Gasteiger partial charge in [0.25, 0.3) is 11.8 Å². The number of amides is 2. The van der Waals surface area contributed by atoms with Crippen LogP contribution in [0, 0.1) is 5.92 Å². The minimum absolute atomic E-state index is 0.0678. The number of rotatable bonds is 5. The normalized spacial score (nSPS) is 19.9. The van der Waals surface area contributed by atoms with Crippen LogP contribution >= 0.6 is 0 Å². The van der Waals surface area contributed by atoms with E-state index in [0.717, 1.165) is 12.8 Å². The molecule has 2 aliphatic rings. The molecule has 2 heterocycles. The van der Waals surface area contributed by atoms with Gasteiger partial charge in [0.2, 0.25) is 0 Å². The molecule has 4 rings (SSSR count). The van der Waals surface area contributed by atoms with Gasteiger partial charge < -0.3 is 14.7 Å². The number of piperidine rings is 1. The Morgan fingerprint density at radius 2 is 1.76 bits per heavy atom. The van der Waals surface area contributed by atoms with Crippen molar-refractivity contribution in [2.75, 3.05) is 31.7 Å². The molecule has 0 saturated carbocycles. The third kappa shape index (κ3) is 3.40. The fourth-order valence-electron chi connectivity index (χ4n) is 4.13. The van der Waals surface area contributed by atoms with Crippen molar-refractivity contribution in [1.29, 1.82) is 0 Å². The molecule has 2 amide bonds. The molecule has 2 aromatic rings. The maximum absolute atomic E-state index is 13.5. The average molecular weight is 392 g/mol. The quantitative estimate of drug-likeness (QED) is 0.793. The Bertz CT molecular complexity index is 954. The molecule has 0 radical (unpaired) electrons. The van der Waals surface area contributed by atoms with Crippen molar-refractivity contribution in [2.45, 2.75) is 12.8 Å². The first-order valence-electron chi connectivity index (χ1n) is 9.83. The number of aliphatic hydroxyl groups is 1. The van der Waals surface area contributed by atoms with E-state index in [2.05, 4.69) is 0 Å². The van der Waals surface area contributed by atoms with Crippen molar-refractivity contribution < 1.29 is 19.4 Å². The van der Waals surface area contributed by atoms with E-state index in [4.69, 9.17) is 4.74 Å². The lowest BCUT2D eigenvalue weighted by atomic mass is 9.96. The topological polar surface area (TPSA) is 70.1 Å². The van der Waals surface area contributed by atoms with Crippen LogP contribution in [-0.2, 0) is 9.59 Å². The van der Waals surface area contributed by atoms with Crippen molar-refractivity contribution in [3.05, 3.63) is 65.9 Å².